The van der Waals surface area contributed by atoms with Crippen molar-refractivity contribution in [2.75, 3.05) is 33.4 Å². The molecule has 2 aromatic carbocycles. The Bertz CT molecular complexity index is 777. The Hall–Kier alpha value is -3.39. The first-order valence-corrected chi connectivity index (χ1v) is 8.61. The number of hydrogen-bond donors (Lipinski definition) is 2. The number of carbonyl (C=O) groups excluding carboxylic acids is 3. The number of rotatable bonds is 10. The van der Waals surface area contributed by atoms with Gasteiger partial charge in [0.15, 0.2) is 6.61 Å². The largest absolute Gasteiger partial charge is 0.457 e. The first-order chi connectivity index (χ1) is 13.6. The van der Waals surface area contributed by atoms with Crippen LogP contribution < -0.4 is 15.4 Å². The minimum atomic E-state index is -0.709. The molecule has 2 amide bonds. The second-order valence-electron chi connectivity index (χ2n) is 5.63. The summed E-state index contributed by atoms with van der Waals surface area (Å²) < 4.78 is 15.2. The molecule has 2 aromatic rings. The molecule has 0 spiro atoms. The van der Waals surface area contributed by atoms with Crippen LogP contribution >= 0.6 is 0 Å². The predicted molar refractivity (Wildman–Crippen MR) is 101 cm³/mol. The highest BCUT2D eigenvalue weighted by atomic mass is 16.5. The van der Waals surface area contributed by atoms with Crippen LogP contribution in [-0.4, -0.2) is 51.2 Å². The molecule has 0 unspecified atom stereocenters. The fourth-order valence-corrected chi connectivity index (χ4v) is 2.09. The lowest BCUT2D eigenvalue weighted by Gasteiger charge is -2.08. The van der Waals surface area contributed by atoms with Crippen LogP contribution in [0.5, 0.6) is 11.5 Å². The molecule has 8 heteroatoms. The summed E-state index contributed by atoms with van der Waals surface area (Å²) in [6, 6.07) is 15.7. The van der Waals surface area contributed by atoms with Gasteiger partial charge in [0.05, 0.1) is 6.61 Å². The molecule has 28 heavy (non-hydrogen) atoms. The standard InChI is InChI=1S/C20H22N2O6/c1-26-12-11-21-18(23)14-27-19(24)13-22-20(25)15-7-9-17(10-8-15)28-16-5-3-2-4-6-16/h2-10H,11-14H2,1H3,(H,21,23)(H,22,25). The van der Waals surface area contributed by atoms with Crippen LogP contribution in [0.4, 0.5) is 0 Å². The second-order valence-corrected chi connectivity index (χ2v) is 5.63. The molecule has 0 fully saturated rings. The maximum Gasteiger partial charge on any atom is 0.325 e. The molecule has 0 saturated carbocycles. The van der Waals surface area contributed by atoms with E-state index in [9.17, 15) is 14.4 Å². The van der Waals surface area contributed by atoms with Crippen molar-refractivity contribution in [3.8, 4) is 11.5 Å². The van der Waals surface area contributed by atoms with Crippen LogP contribution in [0.15, 0.2) is 54.6 Å². The molecule has 0 atom stereocenters. The lowest BCUT2D eigenvalue weighted by atomic mass is 10.2. The molecule has 0 aliphatic rings. The van der Waals surface area contributed by atoms with Crippen molar-refractivity contribution in [1.82, 2.24) is 10.6 Å². The lowest BCUT2D eigenvalue weighted by molar-refractivity contribution is -0.147. The topological polar surface area (TPSA) is 103 Å². The van der Waals surface area contributed by atoms with Gasteiger partial charge in [-0.15, -0.1) is 0 Å². The molecule has 8 nitrogen and oxygen atoms in total. The number of benzene rings is 2. The van der Waals surface area contributed by atoms with Gasteiger partial charge in [0, 0.05) is 19.2 Å². The van der Waals surface area contributed by atoms with Crippen molar-refractivity contribution in [3.63, 3.8) is 0 Å². The summed E-state index contributed by atoms with van der Waals surface area (Å²) in [7, 11) is 1.51. The fraction of sp³-hybridized carbons (Fsp3) is 0.250. The van der Waals surface area contributed by atoms with Crippen LogP contribution in [0.25, 0.3) is 0 Å². The molecule has 0 aliphatic carbocycles. The van der Waals surface area contributed by atoms with Crippen molar-refractivity contribution in [3.05, 3.63) is 60.2 Å². The molecule has 0 aromatic heterocycles. The molecular formula is C20H22N2O6. The Morgan fingerprint density at radius 1 is 0.893 bits per heavy atom. The normalized spacial score (nSPS) is 10.0. The minimum absolute atomic E-state index is 0.327. The molecule has 148 valence electrons. The van der Waals surface area contributed by atoms with E-state index in [-0.39, 0.29) is 6.54 Å². The SMILES string of the molecule is COCCNC(=O)COC(=O)CNC(=O)c1ccc(Oc2ccccc2)cc1. The zero-order valence-corrected chi connectivity index (χ0v) is 15.5. The maximum absolute atomic E-state index is 12.1. The maximum atomic E-state index is 12.1. The molecule has 2 N–H and O–H groups in total. The average Bonchev–Trinajstić information content (AvgIpc) is 2.72. The lowest BCUT2D eigenvalue weighted by Crippen LogP contribution is -2.34. The van der Waals surface area contributed by atoms with Crippen LogP contribution in [-0.2, 0) is 19.1 Å². The van der Waals surface area contributed by atoms with E-state index in [1.54, 1.807) is 24.3 Å². The van der Waals surface area contributed by atoms with Gasteiger partial charge in [-0.3, -0.25) is 14.4 Å². The zero-order chi connectivity index (χ0) is 20.2. The Balaban J connectivity index is 1.72. The van der Waals surface area contributed by atoms with E-state index in [1.807, 2.05) is 30.3 Å². The third kappa shape index (κ3) is 7.46. The van der Waals surface area contributed by atoms with Gasteiger partial charge in [0.1, 0.15) is 18.0 Å². The summed E-state index contributed by atoms with van der Waals surface area (Å²) >= 11 is 0. The van der Waals surface area contributed by atoms with E-state index in [4.69, 9.17) is 14.2 Å². The third-order valence-electron chi connectivity index (χ3n) is 3.48. The molecule has 0 radical (unpaired) electrons. The first kappa shape index (κ1) is 20.9. The molecule has 0 aliphatic heterocycles. The average molecular weight is 386 g/mol. The smallest absolute Gasteiger partial charge is 0.325 e. The summed E-state index contributed by atoms with van der Waals surface area (Å²) in [4.78, 5) is 35.1. The molecule has 0 bridgehead atoms. The number of ether oxygens (including phenoxy) is 3. The quantitative estimate of drug-likeness (QED) is 0.474. The highest BCUT2D eigenvalue weighted by molar-refractivity contribution is 5.96. The molecule has 0 heterocycles. The fourth-order valence-electron chi connectivity index (χ4n) is 2.09. The number of methoxy groups -OCH3 is 1. The van der Waals surface area contributed by atoms with Gasteiger partial charge >= 0.3 is 5.97 Å². The Morgan fingerprint density at radius 3 is 2.25 bits per heavy atom. The minimum Gasteiger partial charge on any atom is -0.457 e. The molecule has 0 saturated heterocycles. The highest BCUT2D eigenvalue weighted by Crippen LogP contribution is 2.21. The van der Waals surface area contributed by atoms with Gasteiger partial charge in [-0.2, -0.15) is 0 Å². The summed E-state index contributed by atoms with van der Waals surface area (Å²) in [5.41, 5.74) is 0.366. The second kappa shape index (κ2) is 11.3. The van der Waals surface area contributed by atoms with Gasteiger partial charge in [-0.05, 0) is 36.4 Å². The number of amides is 2. The summed E-state index contributed by atoms with van der Waals surface area (Å²) in [6.45, 7) is -0.0606. The Morgan fingerprint density at radius 2 is 1.57 bits per heavy atom. The summed E-state index contributed by atoms with van der Waals surface area (Å²) in [5, 5.41) is 4.95. The summed E-state index contributed by atoms with van der Waals surface area (Å²) in [6.07, 6.45) is 0. The predicted octanol–water partition coefficient (Wildman–Crippen LogP) is 1.51. The van der Waals surface area contributed by atoms with Crippen molar-refractivity contribution in [1.29, 1.82) is 0 Å². The Kier molecular flexibility index (Phi) is 8.48. The van der Waals surface area contributed by atoms with Crippen LogP contribution in [0.1, 0.15) is 10.4 Å². The van der Waals surface area contributed by atoms with Crippen molar-refractivity contribution >= 4 is 17.8 Å². The van der Waals surface area contributed by atoms with E-state index in [1.165, 1.54) is 7.11 Å². The molecular weight excluding hydrogens is 364 g/mol. The van der Waals surface area contributed by atoms with Crippen molar-refractivity contribution in [2.24, 2.45) is 0 Å². The van der Waals surface area contributed by atoms with E-state index in [2.05, 4.69) is 10.6 Å². The van der Waals surface area contributed by atoms with Gasteiger partial charge in [0.2, 0.25) is 0 Å². The third-order valence-corrected chi connectivity index (χ3v) is 3.48. The Labute approximate surface area is 162 Å². The molecule has 2 rings (SSSR count). The van der Waals surface area contributed by atoms with Crippen LogP contribution in [0, 0.1) is 0 Å². The van der Waals surface area contributed by atoms with E-state index in [0.29, 0.717) is 30.2 Å². The van der Waals surface area contributed by atoms with E-state index < -0.39 is 24.4 Å². The first-order valence-electron chi connectivity index (χ1n) is 8.61. The highest BCUT2D eigenvalue weighted by Gasteiger charge is 2.11. The number of para-hydroxylation sites is 1. The van der Waals surface area contributed by atoms with E-state index >= 15 is 0 Å². The van der Waals surface area contributed by atoms with Gasteiger partial charge in [-0.25, -0.2) is 0 Å². The monoisotopic (exact) mass is 386 g/mol. The summed E-state index contributed by atoms with van der Waals surface area (Å²) in [5.74, 6) is -0.312. The number of carbonyl (C=O) groups is 3. The van der Waals surface area contributed by atoms with Crippen LogP contribution in [0.2, 0.25) is 0 Å². The number of hydrogen-bond acceptors (Lipinski definition) is 6. The van der Waals surface area contributed by atoms with E-state index in [0.717, 1.165) is 0 Å². The zero-order valence-electron chi connectivity index (χ0n) is 15.5. The van der Waals surface area contributed by atoms with Crippen molar-refractivity contribution < 1.29 is 28.6 Å². The van der Waals surface area contributed by atoms with Gasteiger partial charge in [0.25, 0.3) is 11.8 Å². The van der Waals surface area contributed by atoms with Crippen molar-refractivity contribution in [2.45, 2.75) is 0 Å². The van der Waals surface area contributed by atoms with Gasteiger partial charge in [-0.1, -0.05) is 18.2 Å². The number of nitrogens with one attached hydrogen (secondary N) is 2. The van der Waals surface area contributed by atoms with Crippen LogP contribution in [0.3, 0.4) is 0 Å². The van der Waals surface area contributed by atoms with Gasteiger partial charge < -0.3 is 24.8 Å². The number of esters is 1.